The average molecular weight is 277 g/mol. The number of H-pyrrole nitrogens is 1. The van der Waals surface area contributed by atoms with Gasteiger partial charge in [-0.1, -0.05) is 47.6 Å². The van der Waals surface area contributed by atoms with Crippen LogP contribution in [0.2, 0.25) is 0 Å². The summed E-state index contributed by atoms with van der Waals surface area (Å²) in [6.07, 6.45) is 2.00. The second kappa shape index (κ2) is 4.82. The van der Waals surface area contributed by atoms with Crippen LogP contribution in [0.15, 0.2) is 53.3 Å². The number of benzene rings is 2. The number of fused-ring (bicyclic) bond motifs is 1. The van der Waals surface area contributed by atoms with Crippen molar-refractivity contribution in [1.29, 1.82) is 0 Å². The van der Waals surface area contributed by atoms with Gasteiger partial charge in [-0.3, -0.25) is 5.10 Å². The van der Waals surface area contributed by atoms with E-state index in [0.29, 0.717) is 24.0 Å². The molecule has 4 aromatic rings. The molecule has 0 amide bonds. The molecule has 2 aromatic carbocycles. The summed E-state index contributed by atoms with van der Waals surface area (Å²) in [6.45, 7) is 0. The van der Waals surface area contributed by atoms with E-state index in [4.69, 9.17) is 4.52 Å². The average Bonchev–Trinajstić information content (AvgIpc) is 3.18. The predicted molar refractivity (Wildman–Crippen MR) is 76.4 cm³/mol. The minimum absolute atomic E-state index is 0.420. The van der Waals surface area contributed by atoms with Gasteiger partial charge in [0.2, 0.25) is 11.7 Å². The van der Waals surface area contributed by atoms with Gasteiger partial charge in [-0.15, -0.1) is 0 Å². The maximum absolute atomic E-state index is 5.26. The third-order valence-corrected chi connectivity index (χ3v) is 3.26. The lowest BCUT2D eigenvalue weighted by molar-refractivity contribution is 0.385. The molecule has 0 bridgehead atoms. The highest BCUT2D eigenvalue weighted by Crippen LogP contribution is 2.18. The summed E-state index contributed by atoms with van der Waals surface area (Å²) in [4.78, 5) is 8.31. The van der Waals surface area contributed by atoms with E-state index in [1.807, 2.05) is 12.1 Å². The first-order chi connectivity index (χ1) is 10.4. The van der Waals surface area contributed by atoms with E-state index in [9.17, 15) is 0 Å². The Morgan fingerprint density at radius 3 is 2.81 bits per heavy atom. The van der Waals surface area contributed by atoms with Crippen molar-refractivity contribution in [3.8, 4) is 11.6 Å². The summed E-state index contributed by atoms with van der Waals surface area (Å²) in [5, 5.41) is 12.8. The molecule has 0 unspecified atom stereocenters. The summed E-state index contributed by atoms with van der Waals surface area (Å²) in [5.41, 5.74) is 1.13. The number of nitrogens with zero attached hydrogens (tertiary/aromatic N) is 4. The fourth-order valence-electron chi connectivity index (χ4n) is 2.26. The summed E-state index contributed by atoms with van der Waals surface area (Å²) >= 11 is 0. The van der Waals surface area contributed by atoms with Crippen molar-refractivity contribution in [2.24, 2.45) is 0 Å². The molecular weight excluding hydrogens is 266 g/mol. The molecule has 6 nitrogen and oxygen atoms in total. The predicted octanol–water partition coefficient (Wildman–Crippen LogP) is 2.60. The highest BCUT2D eigenvalue weighted by atomic mass is 16.5. The lowest BCUT2D eigenvalue weighted by Crippen LogP contribution is -1.89. The molecule has 102 valence electrons. The normalized spacial score (nSPS) is 11.0. The molecule has 0 spiro atoms. The van der Waals surface area contributed by atoms with Gasteiger partial charge >= 0.3 is 0 Å². The Balaban J connectivity index is 1.62. The first kappa shape index (κ1) is 11.8. The van der Waals surface area contributed by atoms with Crippen LogP contribution in [0.25, 0.3) is 22.4 Å². The van der Waals surface area contributed by atoms with Crippen molar-refractivity contribution in [2.75, 3.05) is 0 Å². The van der Waals surface area contributed by atoms with Gasteiger partial charge in [0.25, 0.3) is 0 Å². The Bertz CT molecular complexity index is 882. The molecular formula is C15H11N5O. The maximum atomic E-state index is 5.26. The van der Waals surface area contributed by atoms with Gasteiger partial charge < -0.3 is 4.52 Å². The van der Waals surface area contributed by atoms with Gasteiger partial charge in [0.05, 0.1) is 6.42 Å². The number of aromatic nitrogens is 5. The Hall–Kier alpha value is -3.02. The van der Waals surface area contributed by atoms with Crippen molar-refractivity contribution in [2.45, 2.75) is 6.42 Å². The highest BCUT2D eigenvalue weighted by Gasteiger charge is 2.11. The number of hydrogen-bond donors (Lipinski definition) is 1. The first-order valence-electron chi connectivity index (χ1n) is 6.54. The zero-order valence-corrected chi connectivity index (χ0v) is 11.0. The van der Waals surface area contributed by atoms with E-state index < -0.39 is 0 Å². The van der Waals surface area contributed by atoms with Crippen molar-refractivity contribution < 1.29 is 4.52 Å². The summed E-state index contributed by atoms with van der Waals surface area (Å²) in [5.74, 6) is 1.48. The zero-order chi connectivity index (χ0) is 14.1. The van der Waals surface area contributed by atoms with Crippen molar-refractivity contribution >= 4 is 10.8 Å². The molecule has 21 heavy (non-hydrogen) atoms. The van der Waals surface area contributed by atoms with Crippen LogP contribution in [0.3, 0.4) is 0 Å². The Morgan fingerprint density at radius 1 is 1.05 bits per heavy atom. The minimum Gasteiger partial charge on any atom is -0.339 e. The van der Waals surface area contributed by atoms with Gasteiger partial charge in [-0.2, -0.15) is 10.1 Å². The highest BCUT2D eigenvalue weighted by molar-refractivity contribution is 5.83. The zero-order valence-electron chi connectivity index (χ0n) is 11.0. The van der Waals surface area contributed by atoms with Crippen LogP contribution in [0.5, 0.6) is 0 Å². The van der Waals surface area contributed by atoms with E-state index >= 15 is 0 Å². The van der Waals surface area contributed by atoms with Crippen LogP contribution in [-0.2, 0) is 6.42 Å². The van der Waals surface area contributed by atoms with Gasteiger partial charge in [0.15, 0.2) is 5.82 Å². The molecule has 0 saturated carbocycles. The molecule has 0 saturated heterocycles. The smallest absolute Gasteiger partial charge is 0.239 e. The van der Waals surface area contributed by atoms with Gasteiger partial charge in [0, 0.05) is 0 Å². The van der Waals surface area contributed by atoms with Crippen LogP contribution in [0.4, 0.5) is 0 Å². The first-order valence-corrected chi connectivity index (χ1v) is 6.54. The van der Waals surface area contributed by atoms with Crippen LogP contribution >= 0.6 is 0 Å². The third-order valence-electron chi connectivity index (χ3n) is 3.26. The lowest BCUT2D eigenvalue weighted by Gasteiger charge is -2.00. The van der Waals surface area contributed by atoms with E-state index in [1.165, 1.54) is 17.1 Å². The van der Waals surface area contributed by atoms with Gasteiger partial charge in [-0.25, -0.2) is 4.98 Å². The second-order valence-electron chi connectivity index (χ2n) is 4.70. The molecule has 0 aliphatic carbocycles. The molecule has 1 N–H and O–H groups in total. The Labute approximate surface area is 119 Å². The van der Waals surface area contributed by atoms with Gasteiger partial charge in [-0.05, 0) is 16.3 Å². The van der Waals surface area contributed by atoms with E-state index in [-0.39, 0.29) is 0 Å². The molecule has 2 aromatic heterocycles. The van der Waals surface area contributed by atoms with E-state index in [2.05, 4.69) is 55.7 Å². The maximum Gasteiger partial charge on any atom is 0.239 e. The summed E-state index contributed by atoms with van der Waals surface area (Å²) in [6, 6.07) is 14.5. The van der Waals surface area contributed by atoms with Gasteiger partial charge in [0.1, 0.15) is 6.33 Å². The van der Waals surface area contributed by atoms with Crippen LogP contribution in [-0.4, -0.2) is 25.3 Å². The van der Waals surface area contributed by atoms with E-state index in [0.717, 1.165) is 5.56 Å². The molecule has 2 heterocycles. The summed E-state index contributed by atoms with van der Waals surface area (Å²) in [7, 11) is 0. The lowest BCUT2D eigenvalue weighted by atomic mass is 10.1. The Kier molecular flexibility index (Phi) is 2.71. The van der Waals surface area contributed by atoms with Crippen LogP contribution < -0.4 is 0 Å². The van der Waals surface area contributed by atoms with Crippen molar-refractivity contribution in [3.05, 3.63) is 60.2 Å². The largest absolute Gasteiger partial charge is 0.339 e. The fraction of sp³-hybridized carbons (Fsp3) is 0.0667. The third kappa shape index (κ3) is 2.27. The molecule has 0 radical (unpaired) electrons. The van der Waals surface area contributed by atoms with Crippen molar-refractivity contribution in [1.82, 2.24) is 25.3 Å². The van der Waals surface area contributed by atoms with Crippen LogP contribution in [0.1, 0.15) is 11.5 Å². The van der Waals surface area contributed by atoms with Crippen molar-refractivity contribution in [3.63, 3.8) is 0 Å². The quantitative estimate of drug-likeness (QED) is 0.622. The molecule has 0 aliphatic heterocycles. The van der Waals surface area contributed by atoms with E-state index in [1.54, 1.807) is 0 Å². The molecule has 0 aliphatic rings. The van der Waals surface area contributed by atoms with Crippen LogP contribution in [0, 0.1) is 0 Å². The fourth-order valence-corrected chi connectivity index (χ4v) is 2.26. The Morgan fingerprint density at radius 2 is 1.95 bits per heavy atom. The molecule has 0 atom stereocenters. The number of rotatable bonds is 3. The SMILES string of the molecule is c1ccc2cc(Cc3nc(-c4ncn[nH]4)no3)ccc2c1. The topological polar surface area (TPSA) is 80.5 Å². The molecule has 6 heteroatoms. The minimum atomic E-state index is 0.420. The number of hydrogen-bond acceptors (Lipinski definition) is 5. The monoisotopic (exact) mass is 277 g/mol. The number of aromatic amines is 1. The molecule has 0 fully saturated rings. The summed E-state index contributed by atoms with van der Waals surface area (Å²) < 4.78 is 5.26. The molecule has 4 rings (SSSR count). The number of nitrogens with one attached hydrogen (secondary N) is 1. The second-order valence-corrected chi connectivity index (χ2v) is 4.70. The standard InChI is InChI=1S/C15H11N5O/c1-2-4-12-7-10(5-6-11(12)3-1)8-13-18-15(20-21-13)14-16-9-17-19-14/h1-7,9H,8H2,(H,16,17,19).